The molecule has 0 spiro atoms. The molecule has 156 valence electrons. The van der Waals surface area contributed by atoms with Gasteiger partial charge in [0.15, 0.2) is 0 Å². The van der Waals surface area contributed by atoms with Crippen LogP contribution in [0.4, 0.5) is 0 Å². The minimum Gasteiger partial charge on any atom is -0.282 e. The summed E-state index contributed by atoms with van der Waals surface area (Å²) in [6.07, 6.45) is 13.0. The maximum atomic E-state index is 12.3. The van der Waals surface area contributed by atoms with Gasteiger partial charge in [0.1, 0.15) is 4.90 Å². The standard InChI is InChI=1S/C24H36O3S/c1-3-5-7-9-11-14-20-16-13-17-21-18-19-22(15-12-10-8-6-4-2)24(23(20)21)28(25,26)27/h13,16-19H,3-12,14-15H2,1-2H3,(H,25,26,27). The second-order valence-electron chi connectivity index (χ2n) is 7.87. The molecule has 2 aromatic carbocycles. The quantitative estimate of drug-likeness (QED) is 0.286. The zero-order valence-corrected chi connectivity index (χ0v) is 18.4. The maximum absolute atomic E-state index is 12.3. The Morgan fingerprint density at radius 1 is 0.714 bits per heavy atom. The van der Waals surface area contributed by atoms with Crippen LogP contribution >= 0.6 is 0 Å². The van der Waals surface area contributed by atoms with E-state index in [-0.39, 0.29) is 4.90 Å². The predicted octanol–water partition coefficient (Wildman–Crippen LogP) is 7.11. The summed E-state index contributed by atoms with van der Waals surface area (Å²) in [7, 11) is -4.27. The number of hydrogen-bond donors (Lipinski definition) is 1. The molecule has 0 saturated heterocycles. The molecule has 0 radical (unpaired) electrons. The van der Waals surface area contributed by atoms with Gasteiger partial charge in [-0.05, 0) is 42.2 Å². The normalized spacial score (nSPS) is 12.0. The molecule has 0 heterocycles. The van der Waals surface area contributed by atoms with Crippen molar-refractivity contribution in [3.05, 3.63) is 41.5 Å². The van der Waals surface area contributed by atoms with Gasteiger partial charge in [-0.15, -0.1) is 0 Å². The summed E-state index contributed by atoms with van der Waals surface area (Å²) in [5.74, 6) is 0. The fourth-order valence-electron chi connectivity index (χ4n) is 4.00. The molecule has 0 unspecified atom stereocenters. The third-order valence-electron chi connectivity index (χ3n) is 5.52. The summed E-state index contributed by atoms with van der Waals surface area (Å²) in [6, 6.07) is 9.83. The third kappa shape index (κ3) is 6.59. The molecule has 28 heavy (non-hydrogen) atoms. The fourth-order valence-corrected chi connectivity index (χ4v) is 5.01. The van der Waals surface area contributed by atoms with Gasteiger partial charge in [0, 0.05) is 5.39 Å². The van der Waals surface area contributed by atoms with Crippen molar-refractivity contribution < 1.29 is 13.0 Å². The van der Waals surface area contributed by atoms with Gasteiger partial charge in [0.25, 0.3) is 10.1 Å². The Hall–Kier alpha value is -1.39. The molecular weight excluding hydrogens is 368 g/mol. The average Bonchev–Trinajstić information content (AvgIpc) is 2.66. The number of aryl methyl sites for hydroxylation is 2. The molecule has 3 nitrogen and oxygen atoms in total. The van der Waals surface area contributed by atoms with Crippen molar-refractivity contribution in [2.24, 2.45) is 0 Å². The van der Waals surface area contributed by atoms with Gasteiger partial charge < -0.3 is 0 Å². The van der Waals surface area contributed by atoms with E-state index in [1.165, 1.54) is 38.5 Å². The van der Waals surface area contributed by atoms with Crippen molar-refractivity contribution in [2.45, 2.75) is 95.8 Å². The number of benzene rings is 2. The highest BCUT2D eigenvalue weighted by Gasteiger charge is 2.21. The molecule has 0 aromatic heterocycles. The molecule has 0 fully saturated rings. The summed E-state index contributed by atoms with van der Waals surface area (Å²) in [4.78, 5) is 0.143. The smallest absolute Gasteiger partial charge is 0.282 e. The van der Waals surface area contributed by atoms with Crippen LogP contribution in [-0.2, 0) is 23.0 Å². The van der Waals surface area contributed by atoms with Crippen LogP contribution < -0.4 is 0 Å². The first-order chi connectivity index (χ1) is 13.5. The van der Waals surface area contributed by atoms with Crippen LogP contribution in [0.2, 0.25) is 0 Å². The molecular formula is C24H36O3S. The Balaban J connectivity index is 2.31. The SMILES string of the molecule is CCCCCCCc1ccc2cccc(CCCCCCC)c2c1S(=O)(=O)O. The van der Waals surface area contributed by atoms with Gasteiger partial charge in [-0.2, -0.15) is 8.42 Å². The lowest BCUT2D eigenvalue weighted by Crippen LogP contribution is -2.06. The van der Waals surface area contributed by atoms with Crippen molar-refractivity contribution in [3.8, 4) is 0 Å². The van der Waals surface area contributed by atoms with Crippen LogP contribution in [0.25, 0.3) is 10.8 Å². The molecule has 0 aliphatic rings. The van der Waals surface area contributed by atoms with Crippen LogP contribution in [-0.4, -0.2) is 13.0 Å². The zero-order valence-electron chi connectivity index (χ0n) is 17.5. The van der Waals surface area contributed by atoms with Crippen molar-refractivity contribution in [2.75, 3.05) is 0 Å². The van der Waals surface area contributed by atoms with E-state index in [2.05, 4.69) is 13.8 Å². The summed E-state index contributed by atoms with van der Waals surface area (Å²) in [5.41, 5.74) is 1.79. The molecule has 0 amide bonds. The van der Waals surface area contributed by atoms with Crippen LogP contribution in [0.15, 0.2) is 35.2 Å². The van der Waals surface area contributed by atoms with Gasteiger partial charge in [0.05, 0.1) is 0 Å². The summed E-state index contributed by atoms with van der Waals surface area (Å²) in [6.45, 7) is 4.39. The lowest BCUT2D eigenvalue weighted by atomic mass is 9.96. The van der Waals surface area contributed by atoms with E-state index in [0.29, 0.717) is 6.42 Å². The van der Waals surface area contributed by atoms with E-state index in [1.807, 2.05) is 30.3 Å². The van der Waals surface area contributed by atoms with Crippen molar-refractivity contribution in [3.63, 3.8) is 0 Å². The molecule has 1 N–H and O–H groups in total. The topological polar surface area (TPSA) is 54.4 Å². The van der Waals surface area contributed by atoms with E-state index in [9.17, 15) is 13.0 Å². The molecule has 2 rings (SSSR count). The van der Waals surface area contributed by atoms with Crippen molar-refractivity contribution in [1.29, 1.82) is 0 Å². The molecule has 0 aliphatic heterocycles. The van der Waals surface area contributed by atoms with E-state index in [1.54, 1.807) is 0 Å². The Bertz CT molecular complexity index is 840. The Labute approximate surface area is 171 Å². The number of rotatable bonds is 13. The van der Waals surface area contributed by atoms with E-state index >= 15 is 0 Å². The molecule has 2 aromatic rings. The van der Waals surface area contributed by atoms with Gasteiger partial charge in [-0.1, -0.05) is 95.5 Å². The summed E-state index contributed by atoms with van der Waals surface area (Å²) >= 11 is 0. The lowest BCUT2D eigenvalue weighted by Gasteiger charge is -2.14. The highest BCUT2D eigenvalue weighted by Crippen LogP contribution is 2.32. The second-order valence-corrected chi connectivity index (χ2v) is 9.23. The van der Waals surface area contributed by atoms with Gasteiger partial charge in [0.2, 0.25) is 0 Å². The average molecular weight is 405 g/mol. The van der Waals surface area contributed by atoms with E-state index < -0.39 is 10.1 Å². The van der Waals surface area contributed by atoms with Gasteiger partial charge >= 0.3 is 0 Å². The Morgan fingerprint density at radius 2 is 1.29 bits per heavy atom. The summed E-state index contributed by atoms with van der Waals surface area (Å²) in [5, 5.41) is 1.62. The predicted molar refractivity (Wildman–Crippen MR) is 119 cm³/mol. The first-order valence-electron chi connectivity index (χ1n) is 11.0. The molecule has 0 saturated carbocycles. The van der Waals surface area contributed by atoms with Crippen LogP contribution in [0, 0.1) is 0 Å². The van der Waals surface area contributed by atoms with Crippen LogP contribution in [0.1, 0.15) is 89.2 Å². The number of fused-ring (bicyclic) bond motifs is 1. The largest absolute Gasteiger partial charge is 0.295 e. The zero-order chi connectivity index (χ0) is 20.4. The van der Waals surface area contributed by atoms with Gasteiger partial charge in [-0.25, -0.2) is 0 Å². The highest BCUT2D eigenvalue weighted by molar-refractivity contribution is 7.86. The van der Waals surface area contributed by atoms with Crippen LogP contribution in [0.3, 0.4) is 0 Å². The fraction of sp³-hybridized carbons (Fsp3) is 0.583. The van der Waals surface area contributed by atoms with E-state index in [0.717, 1.165) is 54.0 Å². The maximum Gasteiger partial charge on any atom is 0.295 e. The van der Waals surface area contributed by atoms with Crippen LogP contribution in [0.5, 0.6) is 0 Å². The minimum absolute atomic E-state index is 0.143. The van der Waals surface area contributed by atoms with E-state index in [4.69, 9.17) is 0 Å². The Kier molecular flexibility index (Phi) is 9.46. The Morgan fingerprint density at radius 3 is 1.86 bits per heavy atom. The monoisotopic (exact) mass is 404 g/mol. The van der Waals surface area contributed by atoms with Crippen molar-refractivity contribution >= 4 is 20.9 Å². The molecule has 0 atom stereocenters. The summed E-state index contributed by atoms with van der Waals surface area (Å²) < 4.78 is 34.7. The highest BCUT2D eigenvalue weighted by atomic mass is 32.2. The van der Waals surface area contributed by atoms with Crippen molar-refractivity contribution in [1.82, 2.24) is 0 Å². The lowest BCUT2D eigenvalue weighted by molar-refractivity contribution is 0.482. The number of unbranched alkanes of at least 4 members (excludes halogenated alkanes) is 8. The molecule has 0 aliphatic carbocycles. The second kappa shape index (κ2) is 11.6. The third-order valence-corrected chi connectivity index (χ3v) is 6.51. The first-order valence-corrected chi connectivity index (χ1v) is 12.4. The molecule has 4 heteroatoms. The number of hydrogen-bond acceptors (Lipinski definition) is 2. The van der Waals surface area contributed by atoms with Gasteiger partial charge in [-0.3, -0.25) is 4.55 Å². The molecule has 0 bridgehead atoms. The first kappa shape index (κ1) is 22.9. The minimum atomic E-state index is -4.27.